The number of nitrogens with one attached hydrogen (secondary N) is 1. The Kier molecular flexibility index (Phi) is 4.25. The van der Waals surface area contributed by atoms with Crippen molar-refractivity contribution >= 4 is 0 Å². The number of aromatic nitrogens is 2. The van der Waals surface area contributed by atoms with Gasteiger partial charge in [-0.05, 0) is 30.3 Å². The summed E-state index contributed by atoms with van der Waals surface area (Å²) < 4.78 is 5.31. The van der Waals surface area contributed by atoms with Crippen LogP contribution in [-0.2, 0) is 6.54 Å². The van der Waals surface area contributed by atoms with Gasteiger partial charge in [0.05, 0.1) is 7.11 Å². The van der Waals surface area contributed by atoms with E-state index in [4.69, 9.17) is 4.74 Å². The molecule has 0 fully saturated rings. The zero-order valence-corrected chi connectivity index (χ0v) is 10.7. The van der Waals surface area contributed by atoms with Gasteiger partial charge in [-0.3, -0.25) is 9.97 Å². The summed E-state index contributed by atoms with van der Waals surface area (Å²) in [5.74, 6) is 0.764. The fourth-order valence-electron chi connectivity index (χ4n) is 1.76. The van der Waals surface area contributed by atoms with Crippen molar-refractivity contribution in [3.05, 3.63) is 42.4 Å². The van der Waals surface area contributed by atoms with Gasteiger partial charge in [-0.15, -0.1) is 0 Å². The lowest BCUT2D eigenvalue weighted by Crippen LogP contribution is -2.11. The first-order valence-electron chi connectivity index (χ1n) is 5.99. The highest BCUT2D eigenvalue weighted by Gasteiger charge is 2.07. The lowest BCUT2D eigenvalue weighted by atomic mass is 10.1. The van der Waals surface area contributed by atoms with E-state index in [1.54, 1.807) is 19.5 Å². The molecule has 18 heavy (non-hydrogen) atoms. The molecule has 0 aliphatic carbocycles. The number of hydrogen-bond acceptors (Lipinski definition) is 4. The van der Waals surface area contributed by atoms with Gasteiger partial charge in [0, 0.05) is 30.7 Å². The van der Waals surface area contributed by atoms with Crippen LogP contribution in [0, 0.1) is 0 Å². The van der Waals surface area contributed by atoms with E-state index in [2.05, 4.69) is 28.3 Å². The molecule has 4 nitrogen and oxygen atoms in total. The second kappa shape index (κ2) is 6.12. The third-order valence-corrected chi connectivity index (χ3v) is 2.64. The Bertz CT molecular complexity index is 514. The molecular weight excluding hydrogens is 226 g/mol. The summed E-state index contributed by atoms with van der Waals surface area (Å²) in [6.45, 7) is 3.84. The smallest absolute Gasteiger partial charge is 0.145 e. The molecule has 94 valence electrons. The van der Waals surface area contributed by atoms with Crippen molar-refractivity contribution < 1.29 is 4.74 Å². The van der Waals surface area contributed by atoms with Crippen LogP contribution in [0.5, 0.6) is 5.75 Å². The van der Waals surface area contributed by atoms with E-state index >= 15 is 0 Å². The van der Waals surface area contributed by atoms with Crippen LogP contribution in [0.25, 0.3) is 11.3 Å². The number of hydrogen-bond donors (Lipinski definition) is 1. The minimum atomic E-state index is 0.764. The van der Waals surface area contributed by atoms with Crippen LogP contribution in [0.15, 0.2) is 36.8 Å². The zero-order chi connectivity index (χ0) is 12.8. The van der Waals surface area contributed by atoms with E-state index in [-0.39, 0.29) is 0 Å². The van der Waals surface area contributed by atoms with Crippen LogP contribution >= 0.6 is 0 Å². The van der Waals surface area contributed by atoms with E-state index < -0.39 is 0 Å². The number of ether oxygens (including phenoxy) is 1. The first-order valence-corrected chi connectivity index (χ1v) is 5.99. The summed E-state index contributed by atoms with van der Waals surface area (Å²) in [6.07, 6.45) is 5.43. The maximum Gasteiger partial charge on any atom is 0.145 e. The molecule has 0 aliphatic heterocycles. The zero-order valence-electron chi connectivity index (χ0n) is 10.7. The molecule has 2 heterocycles. The second-order valence-electron chi connectivity index (χ2n) is 3.92. The summed E-state index contributed by atoms with van der Waals surface area (Å²) in [4.78, 5) is 8.61. The van der Waals surface area contributed by atoms with Crippen molar-refractivity contribution in [3.63, 3.8) is 0 Å². The van der Waals surface area contributed by atoms with Crippen molar-refractivity contribution in [2.24, 2.45) is 0 Å². The van der Waals surface area contributed by atoms with Crippen LogP contribution in [0.1, 0.15) is 12.5 Å². The molecule has 0 saturated carbocycles. The van der Waals surface area contributed by atoms with Crippen molar-refractivity contribution in [2.75, 3.05) is 13.7 Å². The molecule has 2 aromatic rings. The maximum atomic E-state index is 5.31. The summed E-state index contributed by atoms with van der Waals surface area (Å²) in [5.41, 5.74) is 2.94. The summed E-state index contributed by atoms with van der Waals surface area (Å²) in [7, 11) is 1.65. The van der Waals surface area contributed by atoms with Crippen LogP contribution in [0.4, 0.5) is 0 Å². The number of rotatable bonds is 5. The lowest BCUT2D eigenvalue weighted by Gasteiger charge is -2.08. The first kappa shape index (κ1) is 12.5. The average Bonchev–Trinajstić information content (AvgIpc) is 2.45. The van der Waals surface area contributed by atoms with Crippen molar-refractivity contribution in [3.8, 4) is 17.0 Å². The Labute approximate surface area is 107 Å². The predicted molar refractivity (Wildman–Crippen MR) is 71.4 cm³/mol. The summed E-state index contributed by atoms with van der Waals surface area (Å²) in [5, 5.41) is 3.28. The molecule has 2 rings (SSSR count). The number of nitrogens with zero attached hydrogens (tertiary/aromatic N) is 2. The van der Waals surface area contributed by atoms with E-state index in [9.17, 15) is 0 Å². The minimum absolute atomic E-state index is 0.764. The second-order valence-corrected chi connectivity index (χ2v) is 3.92. The SMILES string of the molecule is CCNCc1cncc(-c2ncccc2OC)c1. The number of methoxy groups -OCH3 is 1. The first-order chi connectivity index (χ1) is 8.85. The molecular formula is C14H17N3O. The Balaban J connectivity index is 2.32. The third-order valence-electron chi connectivity index (χ3n) is 2.64. The molecule has 0 saturated heterocycles. The third kappa shape index (κ3) is 2.84. The normalized spacial score (nSPS) is 10.3. The molecule has 0 aromatic carbocycles. The summed E-state index contributed by atoms with van der Waals surface area (Å²) >= 11 is 0. The highest BCUT2D eigenvalue weighted by atomic mass is 16.5. The highest BCUT2D eigenvalue weighted by molar-refractivity contribution is 5.65. The molecule has 0 amide bonds. The van der Waals surface area contributed by atoms with Crippen LogP contribution < -0.4 is 10.1 Å². The highest BCUT2D eigenvalue weighted by Crippen LogP contribution is 2.26. The molecule has 0 aliphatic rings. The van der Waals surface area contributed by atoms with Crippen molar-refractivity contribution in [2.45, 2.75) is 13.5 Å². The van der Waals surface area contributed by atoms with Crippen LogP contribution in [0.3, 0.4) is 0 Å². The Hall–Kier alpha value is -1.94. The largest absolute Gasteiger partial charge is 0.494 e. The van der Waals surface area contributed by atoms with E-state index in [0.29, 0.717) is 0 Å². The molecule has 4 heteroatoms. The summed E-state index contributed by atoms with van der Waals surface area (Å²) in [6, 6.07) is 5.85. The Morgan fingerprint density at radius 2 is 2.22 bits per heavy atom. The van der Waals surface area contributed by atoms with E-state index in [0.717, 1.165) is 35.7 Å². The topological polar surface area (TPSA) is 47.0 Å². The molecule has 1 N–H and O–H groups in total. The van der Waals surface area contributed by atoms with Gasteiger partial charge < -0.3 is 10.1 Å². The minimum Gasteiger partial charge on any atom is -0.494 e. The standard InChI is InChI=1S/C14H17N3O/c1-3-15-8-11-7-12(10-16-9-11)14-13(18-2)5-4-6-17-14/h4-7,9-10,15H,3,8H2,1-2H3. The Morgan fingerprint density at radius 1 is 1.33 bits per heavy atom. The molecule has 2 aromatic heterocycles. The van der Waals surface area contributed by atoms with Crippen LogP contribution in [0.2, 0.25) is 0 Å². The Morgan fingerprint density at radius 3 is 3.00 bits per heavy atom. The van der Waals surface area contributed by atoms with Gasteiger partial charge in [0.25, 0.3) is 0 Å². The van der Waals surface area contributed by atoms with E-state index in [1.165, 1.54) is 0 Å². The van der Waals surface area contributed by atoms with Crippen molar-refractivity contribution in [1.82, 2.24) is 15.3 Å². The van der Waals surface area contributed by atoms with E-state index in [1.807, 2.05) is 18.3 Å². The predicted octanol–water partition coefficient (Wildman–Crippen LogP) is 2.26. The fourth-order valence-corrected chi connectivity index (χ4v) is 1.76. The molecule has 0 radical (unpaired) electrons. The molecule has 0 bridgehead atoms. The molecule has 0 atom stereocenters. The van der Waals surface area contributed by atoms with Gasteiger partial charge in [-0.2, -0.15) is 0 Å². The van der Waals surface area contributed by atoms with Crippen molar-refractivity contribution in [1.29, 1.82) is 0 Å². The molecule has 0 spiro atoms. The van der Waals surface area contributed by atoms with Gasteiger partial charge in [0.15, 0.2) is 0 Å². The number of pyridine rings is 2. The quantitative estimate of drug-likeness (QED) is 0.875. The van der Waals surface area contributed by atoms with Gasteiger partial charge in [0.1, 0.15) is 11.4 Å². The van der Waals surface area contributed by atoms with Gasteiger partial charge in [-0.1, -0.05) is 6.92 Å². The fraction of sp³-hybridized carbons (Fsp3) is 0.286. The van der Waals surface area contributed by atoms with Gasteiger partial charge in [0.2, 0.25) is 0 Å². The monoisotopic (exact) mass is 243 g/mol. The lowest BCUT2D eigenvalue weighted by molar-refractivity contribution is 0.415. The average molecular weight is 243 g/mol. The van der Waals surface area contributed by atoms with Crippen LogP contribution in [-0.4, -0.2) is 23.6 Å². The van der Waals surface area contributed by atoms with Gasteiger partial charge in [-0.25, -0.2) is 0 Å². The van der Waals surface area contributed by atoms with Gasteiger partial charge >= 0.3 is 0 Å². The molecule has 0 unspecified atom stereocenters. The maximum absolute atomic E-state index is 5.31.